The van der Waals surface area contributed by atoms with Crippen LogP contribution >= 0.6 is 0 Å². The molecule has 0 aromatic heterocycles. The Kier molecular flexibility index (Phi) is 2.67. The first kappa shape index (κ1) is 8.29. The summed E-state index contributed by atoms with van der Waals surface area (Å²) in [6, 6.07) is -0.113. The quantitative estimate of drug-likeness (QED) is 0.496. The molecule has 64 valence electrons. The molecule has 0 spiro atoms. The van der Waals surface area contributed by atoms with E-state index < -0.39 is 6.09 Å². The summed E-state index contributed by atoms with van der Waals surface area (Å²) in [4.78, 5) is 10.2. The number of methoxy groups -OCH3 is 1. The Morgan fingerprint density at radius 1 is 1.73 bits per heavy atom. The second kappa shape index (κ2) is 3.54. The number of carboxylic acid groups (broad SMARTS) is 1. The molecule has 1 unspecified atom stereocenters. The molecule has 0 aliphatic carbocycles. The van der Waals surface area contributed by atoms with Crippen LogP contribution in [-0.4, -0.2) is 43.5 Å². The maximum atomic E-state index is 10.2. The molecule has 0 saturated carbocycles. The van der Waals surface area contributed by atoms with Crippen molar-refractivity contribution in [3.8, 4) is 0 Å². The fourth-order valence-electron chi connectivity index (χ4n) is 1.20. The predicted molar refractivity (Wildman–Crippen MR) is 38.6 cm³/mol. The van der Waals surface area contributed by atoms with Crippen LogP contribution in [0.25, 0.3) is 0 Å². The van der Waals surface area contributed by atoms with Gasteiger partial charge < -0.3 is 20.5 Å². The van der Waals surface area contributed by atoms with E-state index in [0.717, 1.165) is 0 Å². The second-order valence-corrected chi connectivity index (χ2v) is 2.49. The Morgan fingerprint density at radius 3 is 3.00 bits per heavy atom. The van der Waals surface area contributed by atoms with Crippen molar-refractivity contribution in [1.82, 2.24) is 10.6 Å². The van der Waals surface area contributed by atoms with Crippen LogP contribution in [0.15, 0.2) is 0 Å². The average Bonchev–Trinajstić information content (AvgIpc) is 2.34. The van der Waals surface area contributed by atoms with Gasteiger partial charge in [-0.3, -0.25) is 0 Å². The highest BCUT2D eigenvalue weighted by atomic mass is 16.5. The number of hydrogen-bond donors (Lipinski definition) is 3. The molecule has 3 N–H and O–H groups in total. The topological polar surface area (TPSA) is 70.6 Å². The molecule has 1 fully saturated rings. The van der Waals surface area contributed by atoms with Crippen molar-refractivity contribution < 1.29 is 14.6 Å². The Balaban J connectivity index is 2.37. The molecule has 1 heterocycles. The van der Waals surface area contributed by atoms with Crippen LogP contribution in [0.5, 0.6) is 0 Å². The van der Waals surface area contributed by atoms with Crippen molar-refractivity contribution in [3.63, 3.8) is 0 Å². The summed E-state index contributed by atoms with van der Waals surface area (Å²) in [7, 11) is 1.58. The average molecular weight is 160 g/mol. The standard InChI is InChI=1S/C6H12N2O3/c1-11-5-3-7-2-4(5)8-6(9)10/h4-5,7-8H,2-3H2,1H3,(H,9,10)/t4?,5-/m1/s1. The van der Waals surface area contributed by atoms with Crippen molar-refractivity contribution in [2.24, 2.45) is 0 Å². The van der Waals surface area contributed by atoms with E-state index in [-0.39, 0.29) is 12.1 Å². The van der Waals surface area contributed by atoms with E-state index in [1.54, 1.807) is 7.11 Å². The van der Waals surface area contributed by atoms with Crippen LogP contribution < -0.4 is 10.6 Å². The smallest absolute Gasteiger partial charge is 0.405 e. The SMILES string of the molecule is CO[C@@H]1CNCC1NC(=O)O. The van der Waals surface area contributed by atoms with Gasteiger partial charge in [-0.25, -0.2) is 4.79 Å². The van der Waals surface area contributed by atoms with Crippen molar-refractivity contribution in [2.75, 3.05) is 20.2 Å². The van der Waals surface area contributed by atoms with E-state index in [0.29, 0.717) is 13.1 Å². The summed E-state index contributed by atoms with van der Waals surface area (Å²) < 4.78 is 5.04. The molecule has 1 aliphatic heterocycles. The summed E-state index contributed by atoms with van der Waals surface area (Å²) in [5.74, 6) is 0. The summed E-state index contributed by atoms with van der Waals surface area (Å²) in [5.41, 5.74) is 0. The molecular weight excluding hydrogens is 148 g/mol. The maximum absolute atomic E-state index is 10.2. The van der Waals surface area contributed by atoms with Crippen molar-refractivity contribution in [3.05, 3.63) is 0 Å². The van der Waals surface area contributed by atoms with Crippen LogP contribution in [0.4, 0.5) is 4.79 Å². The van der Waals surface area contributed by atoms with E-state index in [2.05, 4.69) is 10.6 Å². The monoisotopic (exact) mass is 160 g/mol. The van der Waals surface area contributed by atoms with Crippen molar-refractivity contribution in [2.45, 2.75) is 12.1 Å². The molecule has 1 aliphatic rings. The molecule has 5 nitrogen and oxygen atoms in total. The van der Waals surface area contributed by atoms with Gasteiger partial charge in [-0.2, -0.15) is 0 Å². The Bertz CT molecular complexity index is 151. The van der Waals surface area contributed by atoms with Gasteiger partial charge in [0.15, 0.2) is 0 Å². The van der Waals surface area contributed by atoms with Gasteiger partial charge in [0, 0.05) is 20.2 Å². The zero-order valence-electron chi connectivity index (χ0n) is 6.33. The van der Waals surface area contributed by atoms with Crippen LogP contribution in [-0.2, 0) is 4.74 Å². The third-order valence-electron chi connectivity index (χ3n) is 1.77. The molecule has 0 aromatic carbocycles. The van der Waals surface area contributed by atoms with Gasteiger partial charge in [0.05, 0.1) is 12.1 Å². The second-order valence-electron chi connectivity index (χ2n) is 2.49. The lowest BCUT2D eigenvalue weighted by atomic mass is 10.2. The molecule has 11 heavy (non-hydrogen) atoms. The van der Waals surface area contributed by atoms with E-state index in [4.69, 9.17) is 9.84 Å². The van der Waals surface area contributed by atoms with Crippen LogP contribution in [0.3, 0.4) is 0 Å². The van der Waals surface area contributed by atoms with Gasteiger partial charge in [0.25, 0.3) is 0 Å². The van der Waals surface area contributed by atoms with Crippen LogP contribution in [0.2, 0.25) is 0 Å². The lowest BCUT2D eigenvalue weighted by molar-refractivity contribution is 0.0942. The number of hydrogen-bond acceptors (Lipinski definition) is 3. The van der Waals surface area contributed by atoms with E-state index in [1.165, 1.54) is 0 Å². The first-order valence-corrected chi connectivity index (χ1v) is 3.47. The largest absolute Gasteiger partial charge is 0.465 e. The van der Waals surface area contributed by atoms with Gasteiger partial charge in [-0.05, 0) is 0 Å². The minimum atomic E-state index is -0.999. The molecule has 0 bridgehead atoms. The Morgan fingerprint density at radius 2 is 2.45 bits per heavy atom. The predicted octanol–water partition coefficient (Wildman–Crippen LogP) is -0.759. The number of nitrogens with one attached hydrogen (secondary N) is 2. The third kappa shape index (κ3) is 2.06. The molecule has 0 aromatic rings. The first-order valence-electron chi connectivity index (χ1n) is 3.47. The first-order chi connectivity index (χ1) is 5.24. The fourth-order valence-corrected chi connectivity index (χ4v) is 1.20. The number of rotatable bonds is 2. The highest BCUT2D eigenvalue weighted by Gasteiger charge is 2.27. The molecular formula is C6H12N2O3. The molecule has 1 saturated heterocycles. The number of ether oxygens (including phenoxy) is 1. The number of amides is 1. The highest BCUT2D eigenvalue weighted by Crippen LogP contribution is 2.02. The zero-order valence-corrected chi connectivity index (χ0v) is 6.33. The van der Waals surface area contributed by atoms with Crippen molar-refractivity contribution in [1.29, 1.82) is 0 Å². The third-order valence-corrected chi connectivity index (χ3v) is 1.77. The maximum Gasteiger partial charge on any atom is 0.405 e. The molecule has 1 amide bonds. The lowest BCUT2D eigenvalue weighted by Gasteiger charge is -2.15. The molecule has 1 rings (SSSR count). The highest BCUT2D eigenvalue weighted by molar-refractivity contribution is 5.65. The van der Waals surface area contributed by atoms with Gasteiger partial charge in [0.1, 0.15) is 0 Å². The van der Waals surface area contributed by atoms with E-state index >= 15 is 0 Å². The minimum Gasteiger partial charge on any atom is -0.465 e. The normalized spacial score (nSPS) is 30.3. The Labute approximate surface area is 64.7 Å². The number of carbonyl (C=O) groups is 1. The van der Waals surface area contributed by atoms with Gasteiger partial charge >= 0.3 is 6.09 Å². The zero-order chi connectivity index (χ0) is 8.27. The van der Waals surface area contributed by atoms with Crippen LogP contribution in [0, 0.1) is 0 Å². The van der Waals surface area contributed by atoms with E-state index in [1.807, 2.05) is 0 Å². The molecule has 5 heteroatoms. The van der Waals surface area contributed by atoms with Gasteiger partial charge in [-0.1, -0.05) is 0 Å². The lowest BCUT2D eigenvalue weighted by Crippen LogP contribution is -2.42. The van der Waals surface area contributed by atoms with Crippen LogP contribution in [0.1, 0.15) is 0 Å². The summed E-state index contributed by atoms with van der Waals surface area (Å²) in [6.45, 7) is 1.35. The van der Waals surface area contributed by atoms with E-state index in [9.17, 15) is 4.79 Å². The summed E-state index contributed by atoms with van der Waals surface area (Å²) in [6.07, 6.45) is -1.04. The molecule has 2 atom stereocenters. The molecule has 0 radical (unpaired) electrons. The minimum absolute atomic E-state index is 0.0360. The van der Waals surface area contributed by atoms with Crippen molar-refractivity contribution >= 4 is 6.09 Å². The van der Waals surface area contributed by atoms with Gasteiger partial charge in [0.2, 0.25) is 0 Å². The van der Waals surface area contributed by atoms with Gasteiger partial charge in [-0.15, -0.1) is 0 Å². The Hall–Kier alpha value is -0.810. The summed E-state index contributed by atoms with van der Waals surface area (Å²) in [5, 5.41) is 13.8. The summed E-state index contributed by atoms with van der Waals surface area (Å²) >= 11 is 0. The fraction of sp³-hybridized carbons (Fsp3) is 0.833.